The van der Waals surface area contributed by atoms with Gasteiger partial charge in [-0.1, -0.05) is 0 Å². The monoisotopic (exact) mass is 142 g/mol. The Kier molecular flexibility index (Phi) is 7.02. The van der Waals surface area contributed by atoms with E-state index in [-0.39, 0.29) is 6.23 Å². The molecule has 0 heterocycles. The third-order valence-electron chi connectivity index (χ3n) is 1.41. The number of nitrogens with two attached hydrogens (primary N) is 1. The molecule has 0 spiro atoms. The fourth-order valence-electron chi connectivity index (χ4n) is 0.754. The molecule has 4 heteroatoms. The van der Waals surface area contributed by atoms with Crippen LogP contribution in [0.2, 0.25) is 0 Å². The summed E-state index contributed by atoms with van der Waals surface area (Å²) < 4.78 is 4.59. The Morgan fingerprint density at radius 3 is 2.70 bits per heavy atom. The highest BCUT2D eigenvalue weighted by Crippen LogP contribution is 1.98. The van der Waals surface area contributed by atoms with Crippen molar-refractivity contribution in [3.63, 3.8) is 0 Å². The molecule has 0 aromatic heterocycles. The quantitative estimate of drug-likeness (QED) is 0.305. The van der Waals surface area contributed by atoms with Crippen molar-refractivity contribution >= 4 is 8.05 Å². The van der Waals surface area contributed by atoms with Gasteiger partial charge < -0.3 is 10.4 Å². The highest BCUT2D eigenvalue weighted by atomic mass is 16.4. The Balaban J connectivity index is 3.09. The van der Waals surface area contributed by atoms with Crippen LogP contribution in [0.25, 0.3) is 0 Å². The van der Waals surface area contributed by atoms with E-state index >= 15 is 0 Å². The fraction of sp³-hybridized carbons (Fsp3) is 1.00. The Morgan fingerprint density at radius 2 is 2.30 bits per heavy atom. The fourth-order valence-corrected chi connectivity index (χ4v) is 0.754. The molecule has 0 rings (SSSR count). The molecule has 0 aromatic carbocycles. The standard InChI is InChI=1S/C6H15BN2O/c1-9-6(10-7)4-2-3-5-8/h6,9H,2-5,8H2,1H3. The Morgan fingerprint density at radius 1 is 1.60 bits per heavy atom. The molecule has 2 radical (unpaired) electrons. The molecule has 0 amide bonds. The average molecular weight is 142 g/mol. The van der Waals surface area contributed by atoms with Crippen molar-refractivity contribution in [2.75, 3.05) is 13.6 Å². The first-order valence-electron chi connectivity index (χ1n) is 3.58. The molecule has 0 saturated carbocycles. The van der Waals surface area contributed by atoms with Crippen LogP contribution in [0.3, 0.4) is 0 Å². The van der Waals surface area contributed by atoms with Gasteiger partial charge in [0.1, 0.15) is 0 Å². The van der Waals surface area contributed by atoms with E-state index in [1.165, 1.54) is 0 Å². The summed E-state index contributed by atoms with van der Waals surface area (Å²) in [6.45, 7) is 0.737. The topological polar surface area (TPSA) is 47.3 Å². The molecular weight excluding hydrogens is 127 g/mol. The summed E-state index contributed by atoms with van der Waals surface area (Å²) in [6, 6.07) is 0. The summed E-state index contributed by atoms with van der Waals surface area (Å²) >= 11 is 0. The largest absolute Gasteiger partial charge is 0.433 e. The van der Waals surface area contributed by atoms with Gasteiger partial charge in [0.25, 0.3) is 8.05 Å². The van der Waals surface area contributed by atoms with Crippen LogP contribution in [0, 0.1) is 0 Å². The van der Waals surface area contributed by atoms with Gasteiger partial charge in [-0.15, -0.1) is 0 Å². The van der Waals surface area contributed by atoms with Crippen molar-refractivity contribution in [3.05, 3.63) is 0 Å². The van der Waals surface area contributed by atoms with Crippen molar-refractivity contribution in [3.8, 4) is 0 Å². The van der Waals surface area contributed by atoms with Crippen LogP contribution in [-0.4, -0.2) is 27.9 Å². The normalized spacial score (nSPS) is 13.4. The van der Waals surface area contributed by atoms with Crippen LogP contribution in [0.15, 0.2) is 0 Å². The van der Waals surface area contributed by atoms with Gasteiger partial charge in [0, 0.05) is 0 Å². The Labute approximate surface area is 63.8 Å². The molecule has 1 atom stereocenters. The minimum absolute atomic E-state index is 0.0217. The van der Waals surface area contributed by atoms with Gasteiger partial charge >= 0.3 is 0 Å². The molecule has 0 aliphatic carbocycles. The summed E-state index contributed by atoms with van der Waals surface area (Å²) in [7, 11) is 6.79. The van der Waals surface area contributed by atoms with Crippen molar-refractivity contribution in [1.82, 2.24) is 5.32 Å². The van der Waals surface area contributed by atoms with E-state index in [0.29, 0.717) is 0 Å². The van der Waals surface area contributed by atoms with E-state index in [1.807, 2.05) is 7.05 Å². The summed E-state index contributed by atoms with van der Waals surface area (Å²) in [6.07, 6.45) is 2.98. The van der Waals surface area contributed by atoms with Crippen molar-refractivity contribution in [2.45, 2.75) is 25.5 Å². The van der Waals surface area contributed by atoms with E-state index in [0.717, 1.165) is 25.8 Å². The third-order valence-corrected chi connectivity index (χ3v) is 1.41. The summed E-state index contributed by atoms with van der Waals surface area (Å²) in [5.74, 6) is 0. The predicted molar refractivity (Wildman–Crippen MR) is 42.6 cm³/mol. The maximum Gasteiger partial charge on any atom is 0.284 e. The first-order chi connectivity index (χ1) is 4.85. The SMILES string of the molecule is [B]OC(CCCCN)NC. The number of hydrogen-bond donors (Lipinski definition) is 2. The third kappa shape index (κ3) is 4.79. The zero-order valence-corrected chi connectivity index (χ0v) is 6.47. The molecule has 0 aliphatic heterocycles. The van der Waals surface area contributed by atoms with E-state index in [1.54, 1.807) is 0 Å². The van der Waals surface area contributed by atoms with Crippen molar-refractivity contribution in [2.24, 2.45) is 5.73 Å². The Hall–Kier alpha value is -0.0551. The predicted octanol–water partition coefficient (Wildman–Crippen LogP) is -0.239. The lowest BCUT2D eigenvalue weighted by Gasteiger charge is -2.13. The summed E-state index contributed by atoms with van der Waals surface area (Å²) in [5.41, 5.74) is 5.31. The highest BCUT2D eigenvalue weighted by Gasteiger charge is 2.00. The molecule has 0 aromatic rings. The van der Waals surface area contributed by atoms with Crippen LogP contribution >= 0.6 is 0 Å². The molecule has 0 fully saturated rings. The van der Waals surface area contributed by atoms with Gasteiger partial charge in [-0.2, -0.15) is 0 Å². The second-order valence-electron chi connectivity index (χ2n) is 2.20. The lowest BCUT2D eigenvalue weighted by Crippen LogP contribution is -2.27. The van der Waals surface area contributed by atoms with Gasteiger partial charge in [0.2, 0.25) is 0 Å². The van der Waals surface area contributed by atoms with E-state index in [9.17, 15) is 0 Å². The molecular formula is C6H15BN2O. The molecule has 0 bridgehead atoms. The number of nitrogens with one attached hydrogen (secondary N) is 1. The molecule has 3 N–H and O–H groups in total. The molecule has 58 valence electrons. The smallest absolute Gasteiger partial charge is 0.284 e. The van der Waals surface area contributed by atoms with Gasteiger partial charge in [0.05, 0.1) is 6.23 Å². The minimum Gasteiger partial charge on any atom is -0.433 e. The van der Waals surface area contributed by atoms with E-state index in [4.69, 9.17) is 13.8 Å². The molecule has 10 heavy (non-hydrogen) atoms. The highest BCUT2D eigenvalue weighted by molar-refractivity contribution is 5.98. The average Bonchev–Trinajstić information content (AvgIpc) is 1.99. The lowest BCUT2D eigenvalue weighted by molar-refractivity contribution is 0.176. The Bertz CT molecular complexity index is 68.8. The van der Waals surface area contributed by atoms with E-state index in [2.05, 4.69) is 9.97 Å². The van der Waals surface area contributed by atoms with Gasteiger partial charge in [-0.05, 0) is 32.9 Å². The maximum absolute atomic E-state index is 5.31. The molecule has 1 unspecified atom stereocenters. The minimum atomic E-state index is -0.0217. The summed E-state index contributed by atoms with van der Waals surface area (Å²) in [5, 5.41) is 2.92. The van der Waals surface area contributed by atoms with Crippen LogP contribution in [0.5, 0.6) is 0 Å². The zero-order chi connectivity index (χ0) is 7.82. The molecule has 3 nitrogen and oxygen atoms in total. The van der Waals surface area contributed by atoms with Crippen LogP contribution in [-0.2, 0) is 4.65 Å². The van der Waals surface area contributed by atoms with Crippen LogP contribution in [0.4, 0.5) is 0 Å². The first kappa shape index (κ1) is 9.94. The molecule has 0 saturated heterocycles. The molecule has 0 aliphatic rings. The second-order valence-corrected chi connectivity index (χ2v) is 2.20. The lowest BCUT2D eigenvalue weighted by atomic mass is 10.2. The van der Waals surface area contributed by atoms with E-state index < -0.39 is 0 Å². The summed E-state index contributed by atoms with van der Waals surface area (Å²) in [4.78, 5) is 0. The maximum atomic E-state index is 5.31. The zero-order valence-electron chi connectivity index (χ0n) is 6.47. The van der Waals surface area contributed by atoms with Gasteiger partial charge in [-0.3, -0.25) is 5.32 Å². The van der Waals surface area contributed by atoms with Gasteiger partial charge in [0.15, 0.2) is 0 Å². The first-order valence-corrected chi connectivity index (χ1v) is 3.58. The van der Waals surface area contributed by atoms with Gasteiger partial charge in [-0.25, -0.2) is 0 Å². The number of rotatable bonds is 6. The van der Waals surface area contributed by atoms with Crippen LogP contribution in [0.1, 0.15) is 19.3 Å². The second kappa shape index (κ2) is 7.06. The van der Waals surface area contributed by atoms with Crippen molar-refractivity contribution in [1.29, 1.82) is 0 Å². The number of hydrogen-bond acceptors (Lipinski definition) is 3. The van der Waals surface area contributed by atoms with Crippen molar-refractivity contribution < 1.29 is 4.65 Å². The van der Waals surface area contributed by atoms with Crippen LogP contribution < -0.4 is 11.1 Å². The number of unbranched alkanes of at least 4 members (excludes halogenated alkanes) is 1.